The lowest BCUT2D eigenvalue weighted by atomic mass is 10.1. The topological polar surface area (TPSA) is 107 Å². The predicted molar refractivity (Wildman–Crippen MR) is 126 cm³/mol. The van der Waals surface area contributed by atoms with Crippen molar-refractivity contribution in [2.75, 3.05) is 5.32 Å². The Morgan fingerprint density at radius 1 is 1.19 bits per heavy atom. The second-order valence-electron chi connectivity index (χ2n) is 6.91. The summed E-state index contributed by atoms with van der Waals surface area (Å²) in [5, 5.41) is 16.5. The highest BCUT2D eigenvalue weighted by atomic mass is 35.5. The van der Waals surface area contributed by atoms with Crippen LogP contribution in [0, 0.1) is 10.1 Å². The van der Waals surface area contributed by atoms with Gasteiger partial charge in [-0.05, 0) is 42.8 Å². The molecule has 0 aliphatic heterocycles. The largest absolute Gasteiger partial charge is 0.324 e. The summed E-state index contributed by atoms with van der Waals surface area (Å²) < 4.78 is 1.24. The molecule has 1 N–H and O–H groups in total. The lowest BCUT2D eigenvalue weighted by Crippen LogP contribution is -2.31. The van der Waals surface area contributed by atoms with E-state index in [2.05, 4.69) is 10.3 Å². The summed E-state index contributed by atoms with van der Waals surface area (Å²) in [5.74, 6) is -0.446. The van der Waals surface area contributed by atoms with Gasteiger partial charge in [-0.15, -0.1) is 11.3 Å². The molecule has 11 heteroatoms. The van der Waals surface area contributed by atoms with Gasteiger partial charge in [0.15, 0.2) is 0 Å². The number of nitro groups is 1. The van der Waals surface area contributed by atoms with Crippen LogP contribution in [0.1, 0.15) is 13.0 Å². The van der Waals surface area contributed by atoms with Gasteiger partial charge in [-0.25, -0.2) is 4.98 Å². The number of nitro benzene ring substituents is 1. The third-order valence-electron chi connectivity index (χ3n) is 4.84. The molecular weight excluding hydrogens is 475 g/mol. The Bertz CT molecular complexity index is 1400. The van der Waals surface area contributed by atoms with Crippen molar-refractivity contribution in [3.8, 4) is 11.1 Å². The van der Waals surface area contributed by atoms with E-state index in [1.807, 2.05) is 0 Å². The third kappa shape index (κ3) is 4.22. The number of carbonyl (C=O) groups is 1. The molecule has 162 valence electrons. The molecule has 0 saturated heterocycles. The number of nitrogens with zero attached hydrogens (tertiary/aromatic N) is 3. The minimum atomic E-state index is -0.873. The molecule has 2 heterocycles. The molecule has 0 saturated carbocycles. The fourth-order valence-electron chi connectivity index (χ4n) is 3.20. The maximum atomic E-state index is 13.3. The molecule has 1 unspecified atom stereocenters. The number of anilines is 1. The molecule has 0 aliphatic carbocycles. The molecule has 32 heavy (non-hydrogen) atoms. The number of nitrogens with one attached hydrogen (secondary N) is 1. The second kappa shape index (κ2) is 8.70. The summed E-state index contributed by atoms with van der Waals surface area (Å²) in [6, 6.07) is 9.68. The van der Waals surface area contributed by atoms with Crippen LogP contribution in [0.2, 0.25) is 10.0 Å². The fraction of sp³-hybridized carbons (Fsp3) is 0.0952. The number of benzene rings is 2. The van der Waals surface area contributed by atoms with Crippen LogP contribution in [-0.2, 0) is 4.79 Å². The van der Waals surface area contributed by atoms with Gasteiger partial charge >= 0.3 is 0 Å². The average molecular weight is 489 g/mol. The molecule has 0 aliphatic rings. The van der Waals surface area contributed by atoms with Crippen LogP contribution in [0.4, 0.5) is 11.4 Å². The maximum absolute atomic E-state index is 13.3. The number of carbonyl (C=O) groups excluding carboxylic acids is 1. The molecule has 4 aromatic rings. The summed E-state index contributed by atoms with van der Waals surface area (Å²) in [5.41, 5.74) is 1.21. The Morgan fingerprint density at radius 2 is 1.84 bits per heavy atom. The van der Waals surface area contributed by atoms with E-state index in [-0.39, 0.29) is 5.69 Å². The van der Waals surface area contributed by atoms with Gasteiger partial charge in [-0.3, -0.25) is 24.3 Å². The number of non-ortho nitro benzene ring substituents is 1. The first-order valence-electron chi connectivity index (χ1n) is 9.24. The van der Waals surface area contributed by atoms with Gasteiger partial charge in [0.1, 0.15) is 10.9 Å². The first kappa shape index (κ1) is 21.9. The van der Waals surface area contributed by atoms with E-state index in [4.69, 9.17) is 23.2 Å². The van der Waals surface area contributed by atoms with Crippen molar-refractivity contribution in [1.82, 2.24) is 9.55 Å². The average Bonchev–Trinajstić information content (AvgIpc) is 3.18. The highest BCUT2D eigenvalue weighted by Gasteiger charge is 2.21. The number of hydrogen-bond acceptors (Lipinski definition) is 6. The molecular formula is C21H14Cl2N4O4S. The van der Waals surface area contributed by atoms with Crippen molar-refractivity contribution in [1.29, 1.82) is 0 Å². The van der Waals surface area contributed by atoms with Gasteiger partial charge in [-0.1, -0.05) is 23.2 Å². The lowest BCUT2D eigenvalue weighted by molar-refractivity contribution is -0.384. The highest BCUT2D eigenvalue weighted by molar-refractivity contribution is 7.17. The van der Waals surface area contributed by atoms with E-state index in [1.54, 1.807) is 42.6 Å². The van der Waals surface area contributed by atoms with E-state index in [0.29, 0.717) is 37.1 Å². The summed E-state index contributed by atoms with van der Waals surface area (Å²) >= 11 is 13.2. The summed E-state index contributed by atoms with van der Waals surface area (Å²) in [6.07, 6.45) is 1.33. The monoisotopic (exact) mass is 488 g/mol. The van der Waals surface area contributed by atoms with Crippen molar-refractivity contribution in [3.63, 3.8) is 0 Å². The molecule has 0 spiro atoms. The number of fused-ring (bicyclic) bond motifs is 1. The molecule has 4 rings (SSSR count). The van der Waals surface area contributed by atoms with Crippen LogP contribution in [0.25, 0.3) is 21.3 Å². The van der Waals surface area contributed by atoms with Crippen LogP contribution in [-0.4, -0.2) is 20.4 Å². The minimum Gasteiger partial charge on any atom is -0.324 e. The van der Waals surface area contributed by atoms with Crippen LogP contribution >= 0.6 is 34.5 Å². The first-order chi connectivity index (χ1) is 15.2. The zero-order valence-corrected chi connectivity index (χ0v) is 18.7. The Morgan fingerprint density at radius 3 is 2.47 bits per heavy atom. The van der Waals surface area contributed by atoms with Gasteiger partial charge in [0.2, 0.25) is 5.91 Å². The lowest BCUT2D eigenvalue weighted by Gasteiger charge is -2.15. The molecule has 0 radical (unpaired) electrons. The Balaban J connectivity index is 1.70. The van der Waals surface area contributed by atoms with Gasteiger partial charge in [-0.2, -0.15) is 0 Å². The summed E-state index contributed by atoms with van der Waals surface area (Å²) in [7, 11) is 0. The van der Waals surface area contributed by atoms with Crippen molar-refractivity contribution < 1.29 is 9.72 Å². The minimum absolute atomic E-state index is 0.0461. The fourth-order valence-corrected chi connectivity index (χ4v) is 4.63. The predicted octanol–water partition coefficient (Wildman–Crippen LogP) is 5.54. The van der Waals surface area contributed by atoms with E-state index in [0.717, 1.165) is 0 Å². The van der Waals surface area contributed by atoms with Crippen molar-refractivity contribution in [2.45, 2.75) is 13.0 Å². The SMILES string of the molecule is CC(C(=O)Nc1cc(Cl)cc(Cl)c1)n1cnc2scc(-c3ccc([N+](=O)[O-])cc3)c2c1=O. The molecule has 2 aromatic heterocycles. The number of rotatable bonds is 5. The Kier molecular flexibility index (Phi) is 5.96. The van der Waals surface area contributed by atoms with E-state index >= 15 is 0 Å². The third-order valence-corrected chi connectivity index (χ3v) is 6.16. The summed E-state index contributed by atoms with van der Waals surface area (Å²) in [4.78, 5) is 41.3. The number of aromatic nitrogens is 2. The van der Waals surface area contributed by atoms with Crippen LogP contribution in [0.15, 0.2) is 59.0 Å². The van der Waals surface area contributed by atoms with Crippen molar-refractivity contribution >= 4 is 62.0 Å². The van der Waals surface area contributed by atoms with Gasteiger partial charge in [0, 0.05) is 38.8 Å². The zero-order chi connectivity index (χ0) is 23.0. The molecule has 2 aromatic carbocycles. The molecule has 1 atom stereocenters. The van der Waals surface area contributed by atoms with Crippen LogP contribution < -0.4 is 10.9 Å². The Hall–Kier alpha value is -3.27. The van der Waals surface area contributed by atoms with Crippen molar-refractivity contribution in [3.05, 3.63) is 84.7 Å². The number of hydrogen-bond donors (Lipinski definition) is 1. The van der Waals surface area contributed by atoms with Gasteiger partial charge in [0.05, 0.1) is 16.6 Å². The number of amides is 1. The number of halogens is 2. The van der Waals surface area contributed by atoms with Crippen LogP contribution in [0.3, 0.4) is 0 Å². The molecule has 0 fully saturated rings. The smallest absolute Gasteiger partial charge is 0.269 e. The standard InChI is InChI=1S/C21H14Cl2N4O4S/c1-11(19(28)25-15-7-13(22)6-14(23)8-15)26-10-24-20-18(21(26)29)17(9-32-20)12-2-4-16(5-3-12)27(30)31/h2-11H,1H3,(H,25,28). The normalized spacial score (nSPS) is 12.0. The second-order valence-corrected chi connectivity index (χ2v) is 8.64. The van der Waals surface area contributed by atoms with E-state index < -0.39 is 22.4 Å². The van der Waals surface area contributed by atoms with Gasteiger partial charge < -0.3 is 5.32 Å². The molecule has 0 bridgehead atoms. The molecule has 8 nitrogen and oxygen atoms in total. The quantitative estimate of drug-likeness (QED) is 0.293. The molecule has 1 amide bonds. The van der Waals surface area contributed by atoms with E-state index in [9.17, 15) is 19.7 Å². The zero-order valence-electron chi connectivity index (χ0n) is 16.4. The van der Waals surface area contributed by atoms with E-state index in [1.165, 1.54) is 34.4 Å². The maximum Gasteiger partial charge on any atom is 0.269 e. The van der Waals surface area contributed by atoms with Crippen molar-refractivity contribution in [2.24, 2.45) is 0 Å². The first-order valence-corrected chi connectivity index (χ1v) is 10.9. The highest BCUT2D eigenvalue weighted by Crippen LogP contribution is 2.32. The number of thiophene rings is 1. The Labute approximate surface area is 195 Å². The van der Waals surface area contributed by atoms with Gasteiger partial charge in [0.25, 0.3) is 11.2 Å². The van der Waals surface area contributed by atoms with Crippen LogP contribution in [0.5, 0.6) is 0 Å². The summed E-state index contributed by atoms with van der Waals surface area (Å²) in [6.45, 7) is 1.58.